The lowest BCUT2D eigenvalue weighted by atomic mass is 9.96. The van der Waals surface area contributed by atoms with Crippen LogP contribution in [-0.2, 0) is 4.79 Å². The van der Waals surface area contributed by atoms with Crippen LogP contribution < -0.4 is 5.32 Å². The predicted molar refractivity (Wildman–Crippen MR) is 72.0 cm³/mol. The number of amides is 1. The molecule has 1 rings (SSSR count). The Balaban J connectivity index is 2.46. The fraction of sp³-hybridized carbons (Fsp3) is 0.929. The van der Waals surface area contributed by atoms with E-state index in [1.54, 1.807) is 0 Å². The molecule has 0 aliphatic carbocycles. The number of piperidine rings is 1. The lowest BCUT2D eigenvalue weighted by Gasteiger charge is -2.32. The molecule has 3 nitrogen and oxygen atoms in total. The average Bonchev–Trinajstić information content (AvgIpc) is 2.34. The van der Waals surface area contributed by atoms with Gasteiger partial charge in [0.25, 0.3) is 0 Å². The van der Waals surface area contributed by atoms with E-state index >= 15 is 0 Å². The summed E-state index contributed by atoms with van der Waals surface area (Å²) in [6.07, 6.45) is 5.60. The van der Waals surface area contributed by atoms with Crippen LogP contribution in [-0.4, -0.2) is 36.5 Å². The lowest BCUT2D eigenvalue weighted by molar-refractivity contribution is -0.138. The van der Waals surface area contributed by atoms with Gasteiger partial charge in [0.05, 0.1) is 0 Å². The Kier molecular flexibility index (Phi) is 6.56. The first kappa shape index (κ1) is 14.5. The normalized spacial score (nSPS) is 17.4. The van der Waals surface area contributed by atoms with Crippen LogP contribution in [0.3, 0.4) is 0 Å². The highest BCUT2D eigenvalue weighted by Crippen LogP contribution is 2.17. The molecule has 0 unspecified atom stereocenters. The fourth-order valence-corrected chi connectivity index (χ4v) is 2.46. The summed E-state index contributed by atoms with van der Waals surface area (Å²) in [4.78, 5) is 14.5. The van der Waals surface area contributed by atoms with Crippen LogP contribution in [0.5, 0.6) is 0 Å². The van der Waals surface area contributed by atoms with Crippen LogP contribution >= 0.6 is 0 Å². The van der Waals surface area contributed by atoms with Crippen molar-refractivity contribution in [2.45, 2.75) is 58.9 Å². The summed E-state index contributed by atoms with van der Waals surface area (Å²) >= 11 is 0. The van der Waals surface area contributed by atoms with Crippen LogP contribution in [0.4, 0.5) is 0 Å². The first-order valence-electron chi connectivity index (χ1n) is 7.18. The van der Waals surface area contributed by atoms with Crippen molar-refractivity contribution in [2.75, 3.05) is 19.6 Å². The molecule has 1 fully saturated rings. The summed E-state index contributed by atoms with van der Waals surface area (Å²) in [7, 11) is 0. The second-order valence-corrected chi connectivity index (χ2v) is 5.36. The van der Waals surface area contributed by atoms with E-state index in [0.29, 0.717) is 11.9 Å². The highest BCUT2D eigenvalue weighted by molar-refractivity contribution is 5.79. The van der Waals surface area contributed by atoms with Crippen molar-refractivity contribution in [3.63, 3.8) is 0 Å². The molecule has 1 heterocycles. The Morgan fingerprint density at radius 1 is 1.29 bits per heavy atom. The van der Waals surface area contributed by atoms with Gasteiger partial charge in [-0.3, -0.25) is 4.79 Å². The van der Waals surface area contributed by atoms with Gasteiger partial charge in [-0.1, -0.05) is 19.8 Å². The molecule has 0 saturated carbocycles. The van der Waals surface area contributed by atoms with E-state index in [1.165, 1.54) is 12.8 Å². The fourth-order valence-electron chi connectivity index (χ4n) is 2.46. The molecule has 17 heavy (non-hydrogen) atoms. The van der Waals surface area contributed by atoms with Crippen molar-refractivity contribution in [2.24, 2.45) is 5.92 Å². The van der Waals surface area contributed by atoms with Crippen molar-refractivity contribution in [1.29, 1.82) is 0 Å². The number of hydrogen-bond acceptors (Lipinski definition) is 2. The predicted octanol–water partition coefficient (Wildman–Crippen LogP) is 2.41. The number of carbonyl (C=O) groups excluding carboxylic acids is 1. The Hall–Kier alpha value is -0.570. The van der Waals surface area contributed by atoms with Crippen molar-refractivity contribution in [3.05, 3.63) is 0 Å². The molecule has 1 aliphatic rings. The number of hydrogen-bond donors (Lipinski definition) is 1. The summed E-state index contributed by atoms with van der Waals surface area (Å²) in [6.45, 7) is 9.40. The highest BCUT2D eigenvalue weighted by atomic mass is 16.2. The summed E-state index contributed by atoms with van der Waals surface area (Å²) in [6, 6.07) is 0.342. The molecule has 0 aromatic heterocycles. The average molecular weight is 240 g/mol. The van der Waals surface area contributed by atoms with Gasteiger partial charge in [-0.05, 0) is 46.2 Å². The third-order valence-corrected chi connectivity index (χ3v) is 3.60. The van der Waals surface area contributed by atoms with Crippen molar-refractivity contribution in [3.8, 4) is 0 Å². The van der Waals surface area contributed by atoms with Gasteiger partial charge >= 0.3 is 0 Å². The van der Waals surface area contributed by atoms with Crippen LogP contribution in [0.2, 0.25) is 0 Å². The Labute approximate surface area is 106 Å². The molecule has 0 aromatic carbocycles. The minimum atomic E-state index is 0.264. The zero-order chi connectivity index (χ0) is 12.7. The van der Waals surface area contributed by atoms with E-state index in [-0.39, 0.29) is 5.92 Å². The van der Waals surface area contributed by atoms with E-state index in [4.69, 9.17) is 0 Å². The molecule has 1 saturated heterocycles. The van der Waals surface area contributed by atoms with E-state index in [1.807, 2.05) is 0 Å². The lowest BCUT2D eigenvalue weighted by Crippen LogP contribution is -2.44. The zero-order valence-corrected chi connectivity index (χ0v) is 11.7. The first-order valence-corrected chi connectivity index (χ1v) is 7.18. The van der Waals surface area contributed by atoms with Gasteiger partial charge in [0.15, 0.2) is 0 Å². The Morgan fingerprint density at radius 2 is 1.94 bits per heavy atom. The molecular formula is C14H28N2O. The molecule has 0 spiro atoms. The smallest absolute Gasteiger partial charge is 0.226 e. The third kappa shape index (κ3) is 4.66. The first-order chi connectivity index (χ1) is 8.16. The summed E-state index contributed by atoms with van der Waals surface area (Å²) < 4.78 is 0. The Morgan fingerprint density at radius 3 is 2.47 bits per heavy atom. The van der Waals surface area contributed by atoms with Crippen LogP contribution in [0.25, 0.3) is 0 Å². The highest BCUT2D eigenvalue weighted by Gasteiger charge is 2.26. The zero-order valence-electron chi connectivity index (χ0n) is 11.7. The molecule has 0 radical (unpaired) electrons. The summed E-state index contributed by atoms with van der Waals surface area (Å²) in [5.41, 5.74) is 0. The molecule has 1 N–H and O–H groups in total. The van der Waals surface area contributed by atoms with Gasteiger partial charge in [0, 0.05) is 18.5 Å². The molecule has 3 heteroatoms. The molecular weight excluding hydrogens is 212 g/mol. The maximum absolute atomic E-state index is 12.4. The van der Waals surface area contributed by atoms with E-state index in [0.717, 1.165) is 38.9 Å². The monoisotopic (exact) mass is 240 g/mol. The summed E-state index contributed by atoms with van der Waals surface area (Å²) in [5, 5.41) is 3.32. The molecule has 1 amide bonds. The van der Waals surface area contributed by atoms with Gasteiger partial charge in [0.2, 0.25) is 5.91 Å². The third-order valence-electron chi connectivity index (χ3n) is 3.60. The van der Waals surface area contributed by atoms with E-state index in [9.17, 15) is 4.79 Å². The van der Waals surface area contributed by atoms with Gasteiger partial charge in [-0.2, -0.15) is 0 Å². The van der Waals surface area contributed by atoms with Gasteiger partial charge in [-0.15, -0.1) is 0 Å². The molecule has 0 atom stereocenters. The van der Waals surface area contributed by atoms with Gasteiger partial charge in [0.1, 0.15) is 0 Å². The van der Waals surface area contributed by atoms with Crippen LogP contribution in [0.15, 0.2) is 0 Å². The van der Waals surface area contributed by atoms with Crippen molar-refractivity contribution >= 4 is 5.91 Å². The Bertz CT molecular complexity index is 222. The minimum Gasteiger partial charge on any atom is -0.340 e. The number of unbranched alkanes of at least 4 members (excludes halogenated alkanes) is 2. The largest absolute Gasteiger partial charge is 0.340 e. The van der Waals surface area contributed by atoms with Crippen LogP contribution in [0, 0.1) is 5.92 Å². The van der Waals surface area contributed by atoms with Gasteiger partial charge < -0.3 is 10.2 Å². The molecule has 100 valence electrons. The van der Waals surface area contributed by atoms with Gasteiger partial charge in [-0.25, -0.2) is 0 Å². The van der Waals surface area contributed by atoms with E-state index < -0.39 is 0 Å². The minimum absolute atomic E-state index is 0.264. The molecule has 1 aliphatic heterocycles. The number of rotatable bonds is 6. The standard InChI is InChI=1S/C14H28N2O/c1-4-5-6-11-16(12(2)3)14(17)13-7-9-15-10-8-13/h12-13,15H,4-11H2,1-3H3. The second-order valence-electron chi connectivity index (χ2n) is 5.36. The number of nitrogens with zero attached hydrogens (tertiary/aromatic N) is 1. The maximum atomic E-state index is 12.4. The van der Waals surface area contributed by atoms with Crippen LogP contribution in [0.1, 0.15) is 52.9 Å². The quantitative estimate of drug-likeness (QED) is 0.723. The van der Waals surface area contributed by atoms with E-state index in [2.05, 4.69) is 31.0 Å². The topological polar surface area (TPSA) is 32.3 Å². The SMILES string of the molecule is CCCCCN(C(=O)C1CCNCC1)C(C)C. The van der Waals surface area contributed by atoms with Crippen molar-refractivity contribution in [1.82, 2.24) is 10.2 Å². The second kappa shape index (κ2) is 7.70. The van der Waals surface area contributed by atoms with Crippen molar-refractivity contribution < 1.29 is 4.79 Å². The number of nitrogens with one attached hydrogen (secondary N) is 1. The molecule has 0 aromatic rings. The summed E-state index contributed by atoms with van der Waals surface area (Å²) in [5.74, 6) is 0.651. The maximum Gasteiger partial charge on any atom is 0.226 e. The molecule has 0 bridgehead atoms. The number of carbonyl (C=O) groups is 1.